The third-order valence-electron chi connectivity index (χ3n) is 4.50. The molecule has 0 aliphatic rings. The van der Waals surface area contributed by atoms with Crippen molar-refractivity contribution in [2.45, 2.75) is 32.5 Å². The number of ether oxygens (including phenoxy) is 2. The van der Waals surface area contributed by atoms with Gasteiger partial charge >= 0.3 is 5.97 Å². The highest BCUT2D eigenvalue weighted by Crippen LogP contribution is 2.26. The number of carboxylic acids is 1. The van der Waals surface area contributed by atoms with Gasteiger partial charge in [-0.15, -0.1) is 4.91 Å². The van der Waals surface area contributed by atoms with E-state index in [4.69, 9.17) is 14.0 Å². The number of hydrogen-bond acceptors (Lipinski definition) is 7. The zero-order valence-corrected chi connectivity index (χ0v) is 16.0. The highest BCUT2D eigenvalue weighted by Gasteiger charge is 2.33. The molecule has 0 bridgehead atoms. The van der Waals surface area contributed by atoms with Crippen LogP contribution in [0.1, 0.15) is 26.0 Å². The standard InChI is InChI=1S/C21H20N2O6/c1-3-21(2,20(24)25)28-17-10-8-16(9-11-17)27-13-18-12-19(23-29-18)14-4-6-15(22-26)7-5-14/h4-12H,3,13H2,1-2H3,(H,24,25). The van der Waals surface area contributed by atoms with E-state index in [2.05, 4.69) is 10.3 Å². The highest BCUT2D eigenvalue weighted by atomic mass is 16.5. The Kier molecular flexibility index (Phi) is 5.92. The molecule has 0 saturated heterocycles. The van der Waals surface area contributed by atoms with Gasteiger partial charge in [-0.05, 0) is 54.9 Å². The fraction of sp³-hybridized carbons (Fsp3) is 0.238. The number of hydrogen-bond donors (Lipinski definition) is 1. The SMILES string of the molecule is CCC(C)(Oc1ccc(OCc2cc(-c3ccc(N=O)cc3)no2)cc1)C(=O)O. The first-order chi connectivity index (χ1) is 13.9. The topological polar surface area (TPSA) is 111 Å². The molecule has 1 atom stereocenters. The number of carboxylic acid groups (broad SMARTS) is 1. The van der Waals surface area contributed by atoms with Gasteiger partial charge in [-0.2, -0.15) is 0 Å². The van der Waals surface area contributed by atoms with E-state index < -0.39 is 11.6 Å². The summed E-state index contributed by atoms with van der Waals surface area (Å²) >= 11 is 0. The molecule has 1 unspecified atom stereocenters. The van der Waals surface area contributed by atoms with E-state index in [9.17, 15) is 14.8 Å². The van der Waals surface area contributed by atoms with E-state index in [-0.39, 0.29) is 6.61 Å². The minimum atomic E-state index is -1.28. The molecule has 0 spiro atoms. The Morgan fingerprint density at radius 3 is 2.38 bits per heavy atom. The first kappa shape index (κ1) is 20.1. The Morgan fingerprint density at radius 2 is 1.79 bits per heavy atom. The Morgan fingerprint density at radius 1 is 1.14 bits per heavy atom. The van der Waals surface area contributed by atoms with Crippen LogP contribution in [0, 0.1) is 4.91 Å². The van der Waals surface area contributed by atoms with E-state index in [0.717, 1.165) is 5.56 Å². The zero-order valence-electron chi connectivity index (χ0n) is 16.0. The molecule has 0 radical (unpaired) electrons. The number of nitrogens with zero attached hydrogens (tertiary/aromatic N) is 2. The lowest BCUT2D eigenvalue weighted by atomic mass is 10.0. The molecule has 1 N–H and O–H groups in total. The van der Waals surface area contributed by atoms with Crippen LogP contribution in [0.15, 0.2) is 64.3 Å². The van der Waals surface area contributed by atoms with E-state index in [1.807, 2.05) is 0 Å². The summed E-state index contributed by atoms with van der Waals surface area (Å²) in [5.41, 5.74) is 0.484. The second kappa shape index (κ2) is 8.55. The summed E-state index contributed by atoms with van der Waals surface area (Å²) in [6.45, 7) is 3.46. The predicted octanol–water partition coefficient (Wildman–Crippen LogP) is 4.95. The van der Waals surface area contributed by atoms with Gasteiger partial charge in [0.15, 0.2) is 5.76 Å². The van der Waals surface area contributed by atoms with Crippen LogP contribution in [0.5, 0.6) is 11.5 Å². The molecule has 1 heterocycles. The van der Waals surface area contributed by atoms with E-state index in [1.54, 1.807) is 61.5 Å². The summed E-state index contributed by atoms with van der Waals surface area (Å²) in [5.74, 6) is 0.533. The van der Waals surface area contributed by atoms with Crippen molar-refractivity contribution >= 4 is 11.7 Å². The number of aromatic nitrogens is 1. The quantitative estimate of drug-likeness (QED) is 0.509. The fourth-order valence-electron chi connectivity index (χ4n) is 2.50. The maximum atomic E-state index is 11.3. The Balaban J connectivity index is 1.60. The van der Waals surface area contributed by atoms with Crippen molar-refractivity contribution in [3.8, 4) is 22.8 Å². The van der Waals surface area contributed by atoms with Gasteiger partial charge in [0.25, 0.3) is 0 Å². The molecule has 0 amide bonds. The average Bonchev–Trinajstić information content (AvgIpc) is 3.22. The van der Waals surface area contributed by atoms with Crippen LogP contribution in [0.2, 0.25) is 0 Å². The first-order valence-corrected chi connectivity index (χ1v) is 8.98. The molecule has 2 aromatic carbocycles. The minimum Gasteiger partial charge on any atom is -0.486 e. The van der Waals surface area contributed by atoms with Gasteiger partial charge in [0.1, 0.15) is 29.5 Å². The summed E-state index contributed by atoms with van der Waals surface area (Å²) in [6.07, 6.45) is 0.336. The van der Waals surface area contributed by atoms with Crippen LogP contribution in [0.4, 0.5) is 5.69 Å². The molecule has 0 aliphatic carbocycles. The van der Waals surface area contributed by atoms with E-state index in [0.29, 0.717) is 35.1 Å². The van der Waals surface area contributed by atoms with Gasteiger partial charge in [-0.3, -0.25) is 0 Å². The summed E-state index contributed by atoms with van der Waals surface area (Å²) in [6, 6.07) is 15.1. The van der Waals surface area contributed by atoms with Gasteiger partial charge < -0.3 is 19.1 Å². The van der Waals surface area contributed by atoms with Gasteiger partial charge in [0.2, 0.25) is 5.60 Å². The summed E-state index contributed by atoms with van der Waals surface area (Å²) in [7, 11) is 0. The lowest BCUT2D eigenvalue weighted by Gasteiger charge is -2.24. The van der Waals surface area contributed by atoms with Crippen LogP contribution in [-0.2, 0) is 11.4 Å². The smallest absolute Gasteiger partial charge is 0.347 e. The molecular formula is C21H20N2O6. The van der Waals surface area contributed by atoms with Crippen molar-refractivity contribution in [3.63, 3.8) is 0 Å². The molecule has 0 aliphatic heterocycles. The molecule has 3 rings (SSSR count). The summed E-state index contributed by atoms with van der Waals surface area (Å²) in [5, 5.41) is 16.1. The zero-order chi connectivity index (χ0) is 20.9. The largest absolute Gasteiger partial charge is 0.486 e. The van der Waals surface area contributed by atoms with Crippen molar-refractivity contribution in [2.24, 2.45) is 5.18 Å². The van der Waals surface area contributed by atoms with Crippen LogP contribution in [-0.4, -0.2) is 21.8 Å². The number of carbonyl (C=O) groups is 1. The molecule has 1 aromatic heterocycles. The molecule has 0 fully saturated rings. The van der Waals surface area contributed by atoms with Crippen molar-refractivity contribution in [3.05, 3.63) is 65.3 Å². The molecule has 150 valence electrons. The summed E-state index contributed by atoms with van der Waals surface area (Å²) < 4.78 is 16.5. The second-order valence-corrected chi connectivity index (χ2v) is 6.57. The molecular weight excluding hydrogens is 376 g/mol. The first-order valence-electron chi connectivity index (χ1n) is 8.98. The Hall–Kier alpha value is -3.68. The third-order valence-corrected chi connectivity index (χ3v) is 4.50. The molecule has 8 nitrogen and oxygen atoms in total. The molecule has 29 heavy (non-hydrogen) atoms. The van der Waals surface area contributed by atoms with Crippen molar-refractivity contribution < 1.29 is 23.9 Å². The maximum absolute atomic E-state index is 11.3. The minimum absolute atomic E-state index is 0.170. The van der Waals surface area contributed by atoms with Crippen molar-refractivity contribution in [1.82, 2.24) is 5.16 Å². The number of benzene rings is 2. The average molecular weight is 396 g/mol. The van der Waals surface area contributed by atoms with Gasteiger partial charge in [-0.1, -0.05) is 24.2 Å². The molecule has 0 saturated carbocycles. The molecule has 3 aromatic rings. The Labute approximate surface area is 167 Å². The highest BCUT2D eigenvalue weighted by molar-refractivity contribution is 5.77. The fourth-order valence-corrected chi connectivity index (χ4v) is 2.50. The molecule has 8 heteroatoms. The van der Waals surface area contributed by atoms with Crippen molar-refractivity contribution in [1.29, 1.82) is 0 Å². The second-order valence-electron chi connectivity index (χ2n) is 6.57. The summed E-state index contributed by atoms with van der Waals surface area (Å²) in [4.78, 5) is 21.8. The number of aliphatic carboxylic acids is 1. The Bertz CT molecular complexity index is 981. The third kappa shape index (κ3) is 4.78. The number of rotatable bonds is 9. The van der Waals surface area contributed by atoms with E-state index >= 15 is 0 Å². The lowest BCUT2D eigenvalue weighted by Crippen LogP contribution is -2.40. The predicted molar refractivity (Wildman–Crippen MR) is 105 cm³/mol. The normalized spacial score (nSPS) is 12.8. The van der Waals surface area contributed by atoms with Crippen LogP contribution in [0.25, 0.3) is 11.3 Å². The van der Waals surface area contributed by atoms with Crippen LogP contribution >= 0.6 is 0 Å². The van der Waals surface area contributed by atoms with Gasteiger partial charge in [-0.25, -0.2) is 4.79 Å². The number of nitroso groups, excluding NO2 is 1. The maximum Gasteiger partial charge on any atom is 0.347 e. The van der Waals surface area contributed by atoms with E-state index in [1.165, 1.54) is 6.92 Å². The van der Waals surface area contributed by atoms with Gasteiger partial charge in [0.05, 0.1) is 0 Å². The van der Waals surface area contributed by atoms with Gasteiger partial charge in [0, 0.05) is 11.6 Å². The van der Waals surface area contributed by atoms with Crippen molar-refractivity contribution in [2.75, 3.05) is 0 Å². The lowest BCUT2D eigenvalue weighted by molar-refractivity contribution is -0.154. The van der Waals surface area contributed by atoms with Crippen LogP contribution < -0.4 is 9.47 Å². The van der Waals surface area contributed by atoms with Crippen LogP contribution in [0.3, 0.4) is 0 Å². The monoisotopic (exact) mass is 396 g/mol.